The molecule has 2 aliphatic rings. The van der Waals surface area contributed by atoms with Gasteiger partial charge in [0.25, 0.3) is 0 Å². The number of halogens is 1. The van der Waals surface area contributed by atoms with Crippen LogP contribution in [0.25, 0.3) is 0 Å². The molecule has 1 aromatic carbocycles. The molecule has 5 nitrogen and oxygen atoms in total. The standard InChI is InChI=1S/C22H26ClN3O2S/c1-4-15-13-29-22-25-19(17-9-7-8-10-24-17)20(26(15)22)14-11-16(23)21(28-6-3)18(12-14)27-5-2/h7-12,15,19-20H,4-6,13H2,1-3H3/t15-,19-,20-/m1/s1. The third-order valence-corrected chi connectivity index (χ3v) is 6.70. The lowest BCUT2D eigenvalue weighted by Gasteiger charge is -2.32. The molecule has 0 bridgehead atoms. The van der Waals surface area contributed by atoms with Crippen molar-refractivity contribution < 1.29 is 9.47 Å². The predicted octanol–water partition coefficient (Wildman–Crippen LogP) is 5.51. The van der Waals surface area contributed by atoms with Gasteiger partial charge >= 0.3 is 0 Å². The molecule has 2 aromatic rings. The van der Waals surface area contributed by atoms with E-state index in [1.807, 2.05) is 50.0 Å². The third-order valence-electron chi connectivity index (χ3n) is 5.29. The Kier molecular flexibility index (Phi) is 6.20. The van der Waals surface area contributed by atoms with Crippen molar-refractivity contribution in [3.05, 3.63) is 52.8 Å². The number of rotatable bonds is 7. The van der Waals surface area contributed by atoms with Crippen molar-refractivity contribution in [3.63, 3.8) is 0 Å². The maximum atomic E-state index is 6.65. The molecule has 1 fully saturated rings. The van der Waals surface area contributed by atoms with Crippen LogP contribution in [-0.2, 0) is 0 Å². The van der Waals surface area contributed by atoms with Gasteiger partial charge in [-0.15, -0.1) is 0 Å². The predicted molar refractivity (Wildman–Crippen MR) is 119 cm³/mol. The Balaban J connectivity index is 1.81. The van der Waals surface area contributed by atoms with Crippen molar-refractivity contribution in [2.24, 2.45) is 4.99 Å². The van der Waals surface area contributed by atoms with Gasteiger partial charge in [-0.25, -0.2) is 0 Å². The Morgan fingerprint density at radius 3 is 2.69 bits per heavy atom. The summed E-state index contributed by atoms with van der Waals surface area (Å²) in [5.41, 5.74) is 2.05. The Hall–Kier alpha value is -1.92. The smallest absolute Gasteiger partial charge is 0.179 e. The molecule has 0 aliphatic carbocycles. The Morgan fingerprint density at radius 2 is 2.00 bits per heavy atom. The van der Waals surface area contributed by atoms with Crippen LogP contribution in [0.5, 0.6) is 11.5 Å². The monoisotopic (exact) mass is 431 g/mol. The van der Waals surface area contributed by atoms with Crippen LogP contribution in [0.3, 0.4) is 0 Å². The molecule has 3 heterocycles. The van der Waals surface area contributed by atoms with E-state index in [1.54, 1.807) is 0 Å². The molecule has 29 heavy (non-hydrogen) atoms. The van der Waals surface area contributed by atoms with Gasteiger partial charge in [0, 0.05) is 18.0 Å². The van der Waals surface area contributed by atoms with Gasteiger partial charge in [-0.2, -0.15) is 0 Å². The first-order valence-corrected chi connectivity index (χ1v) is 11.5. The molecular formula is C22H26ClN3O2S. The highest BCUT2D eigenvalue weighted by Gasteiger charge is 2.45. The number of amidine groups is 1. The lowest BCUT2D eigenvalue weighted by atomic mass is 9.95. The molecule has 1 aromatic heterocycles. The summed E-state index contributed by atoms with van der Waals surface area (Å²) in [6.07, 6.45) is 2.90. The van der Waals surface area contributed by atoms with Gasteiger partial charge in [-0.05, 0) is 50.1 Å². The number of thioether (sulfide) groups is 1. The lowest BCUT2D eigenvalue weighted by Crippen LogP contribution is -2.35. The number of hydrogen-bond acceptors (Lipinski definition) is 6. The number of ether oxygens (including phenoxy) is 2. The number of aliphatic imine (C=N–C) groups is 1. The average molecular weight is 432 g/mol. The Morgan fingerprint density at radius 1 is 1.17 bits per heavy atom. The van der Waals surface area contributed by atoms with Gasteiger partial charge < -0.3 is 14.4 Å². The zero-order chi connectivity index (χ0) is 20.4. The zero-order valence-corrected chi connectivity index (χ0v) is 18.5. The van der Waals surface area contributed by atoms with E-state index < -0.39 is 0 Å². The Labute approximate surface area is 181 Å². The van der Waals surface area contributed by atoms with E-state index >= 15 is 0 Å². The second-order valence-corrected chi connectivity index (χ2v) is 8.43. The number of hydrogen-bond donors (Lipinski definition) is 0. The van der Waals surface area contributed by atoms with Gasteiger partial charge in [0.1, 0.15) is 6.04 Å². The number of aromatic nitrogens is 1. The molecule has 7 heteroatoms. The number of pyridine rings is 1. The molecule has 4 rings (SSSR count). The van der Waals surface area contributed by atoms with Crippen molar-refractivity contribution in [1.82, 2.24) is 9.88 Å². The van der Waals surface area contributed by atoms with E-state index in [-0.39, 0.29) is 12.1 Å². The van der Waals surface area contributed by atoms with Crippen LogP contribution in [0.4, 0.5) is 0 Å². The minimum atomic E-state index is -0.0727. The second-order valence-electron chi connectivity index (χ2n) is 7.03. The highest BCUT2D eigenvalue weighted by molar-refractivity contribution is 8.14. The Bertz CT molecular complexity index is 893. The van der Waals surface area contributed by atoms with Gasteiger partial charge in [-0.3, -0.25) is 9.98 Å². The SMILES string of the molecule is CCOc1cc([C@@H]2[C@@H](c3ccccn3)N=C3SC[C@@H](CC)N32)cc(Cl)c1OCC. The van der Waals surface area contributed by atoms with Crippen molar-refractivity contribution in [2.75, 3.05) is 19.0 Å². The van der Waals surface area contributed by atoms with Crippen LogP contribution in [0.1, 0.15) is 50.5 Å². The van der Waals surface area contributed by atoms with Crippen molar-refractivity contribution in [3.8, 4) is 11.5 Å². The van der Waals surface area contributed by atoms with Crippen LogP contribution in [-0.4, -0.2) is 40.1 Å². The summed E-state index contributed by atoms with van der Waals surface area (Å²) in [7, 11) is 0. The summed E-state index contributed by atoms with van der Waals surface area (Å²) in [6.45, 7) is 7.23. The summed E-state index contributed by atoms with van der Waals surface area (Å²) in [5, 5.41) is 1.67. The number of fused-ring (bicyclic) bond motifs is 1. The minimum Gasteiger partial charge on any atom is -0.490 e. The number of nitrogens with zero attached hydrogens (tertiary/aromatic N) is 3. The molecule has 1 saturated heterocycles. The van der Waals surface area contributed by atoms with E-state index in [2.05, 4.69) is 28.9 Å². The maximum absolute atomic E-state index is 6.65. The van der Waals surface area contributed by atoms with Crippen molar-refractivity contribution in [1.29, 1.82) is 0 Å². The summed E-state index contributed by atoms with van der Waals surface area (Å²) in [6, 6.07) is 10.5. The van der Waals surface area contributed by atoms with Crippen LogP contribution in [0, 0.1) is 0 Å². The van der Waals surface area contributed by atoms with E-state index in [0.29, 0.717) is 35.8 Å². The van der Waals surface area contributed by atoms with Gasteiger partial charge in [0.2, 0.25) is 0 Å². The largest absolute Gasteiger partial charge is 0.490 e. The van der Waals surface area contributed by atoms with Crippen LogP contribution >= 0.6 is 23.4 Å². The first-order valence-electron chi connectivity index (χ1n) is 10.2. The molecule has 0 unspecified atom stereocenters. The molecule has 0 amide bonds. The molecule has 0 N–H and O–H groups in total. The quantitative estimate of drug-likeness (QED) is 0.578. The van der Waals surface area contributed by atoms with Crippen LogP contribution < -0.4 is 9.47 Å². The maximum Gasteiger partial charge on any atom is 0.179 e. The molecule has 0 saturated carbocycles. The van der Waals surface area contributed by atoms with Crippen LogP contribution in [0.2, 0.25) is 5.02 Å². The minimum absolute atomic E-state index is 0.0345. The van der Waals surface area contributed by atoms with E-state index in [1.165, 1.54) is 0 Å². The summed E-state index contributed by atoms with van der Waals surface area (Å²) >= 11 is 8.48. The summed E-state index contributed by atoms with van der Waals surface area (Å²) < 4.78 is 11.7. The molecule has 0 radical (unpaired) electrons. The zero-order valence-electron chi connectivity index (χ0n) is 17.0. The van der Waals surface area contributed by atoms with E-state index in [0.717, 1.165) is 28.6 Å². The van der Waals surface area contributed by atoms with Gasteiger partial charge in [-0.1, -0.05) is 36.4 Å². The summed E-state index contributed by atoms with van der Waals surface area (Å²) in [5.74, 6) is 2.35. The second kappa shape index (κ2) is 8.84. The molecular weight excluding hydrogens is 406 g/mol. The molecule has 0 spiro atoms. The highest BCUT2D eigenvalue weighted by Crippen LogP contribution is 2.50. The van der Waals surface area contributed by atoms with Crippen molar-refractivity contribution in [2.45, 2.75) is 45.3 Å². The fourth-order valence-corrected chi connectivity index (χ4v) is 5.63. The summed E-state index contributed by atoms with van der Waals surface area (Å²) in [4.78, 5) is 12.1. The lowest BCUT2D eigenvalue weighted by molar-refractivity contribution is 0.252. The van der Waals surface area contributed by atoms with E-state index in [9.17, 15) is 0 Å². The topological polar surface area (TPSA) is 47.0 Å². The molecule has 3 atom stereocenters. The first-order chi connectivity index (χ1) is 14.2. The highest BCUT2D eigenvalue weighted by atomic mass is 35.5. The first kappa shape index (κ1) is 20.4. The van der Waals surface area contributed by atoms with Gasteiger partial charge in [0.15, 0.2) is 16.7 Å². The third kappa shape index (κ3) is 3.80. The van der Waals surface area contributed by atoms with Gasteiger partial charge in [0.05, 0.1) is 30.0 Å². The number of benzene rings is 1. The van der Waals surface area contributed by atoms with Crippen LogP contribution in [0.15, 0.2) is 41.5 Å². The fourth-order valence-electron chi connectivity index (χ4n) is 4.02. The van der Waals surface area contributed by atoms with Crippen molar-refractivity contribution >= 4 is 28.5 Å². The normalized spacial score (nSPS) is 23.1. The average Bonchev–Trinajstić information content (AvgIpc) is 3.30. The molecule has 154 valence electrons. The molecule has 2 aliphatic heterocycles. The fraction of sp³-hybridized carbons (Fsp3) is 0.455. The van der Waals surface area contributed by atoms with E-state index in [4.69, 9.17) is 26.1 Å².